The maximum absolute atomic E-state index is 12.9. The summed E-state index contributed by atoms with van der Waals surface area (Å²) in [6.07, 6.45) is 0.765. The van der Waals surface area contributed by atoms with Crippen LogP contribution in [0.3, 0.4) is 0 Å². The van der Waals surface area contributed by atoms with Gasteiger partial charge in [-0.3, -0.25) is 0 Å². The Morgan fingerprint density at radius 1 is 0.167 bits per heavy atom. The fourth-order valence-electron chi connectivity index (χ4n) is 11.2. The van der Waals surface area contributed by atoms with E-state index >= 15 is 0 Å². The minimum atomic E-state index is 0.109. The summed E-state index contributed by atoms with van der Waals surface area (Å²) in [6.45, 7) is 0. The molecule has 90 heavy (non-hydrogen) atoms. The molecule has 440 valence electrons. The van der Waals surface area contributed by atoms with Gasteiger partial charge in [0.15, 0.2) is 0 Å². The van der Waals surface area contributed by atoms with Crippen LogP contribution < -0.4 is 0 Å². The lowest BCUT2D eigenvalue weighted by Crippen LogP contribution is -2.02. The molecule has 0 saturated carbocycles. The van der Waals surface area contributed by atoms with Crippen molar-refractivity contribution in [1.82, 2.24) is 0 Å². The van der Waals surface area contributed by atoms with Crippen LogP contribution in [0, 0.1) is 0 Å². The van der Waals surface area contributed by atoms with E-state index in [0.29, 0.717) is 44.5 Å². The molecule has 0 spiro atoms. The van der Waals surface area contributed by atoms with Crippen LogP contribution in [0.4, 0.5) is 0 Å². The van der Waals surface area contributed by atoms with Crippen LogP contribution in [0.5, 0.6) is 23.0 Å². The minimum Gasteiger partial charge on any atom is -0.507 e. The summed E-state index contributed by atoms with van der Waals surface area (Å²) in [7, 11) is 0. The Labute approximate surface area is 566 Å². The maximum Gasteiger partial charge on any atom is 0.122 e. The molecule has 0 atom stereocenters. The number of hydrogen-bond acceptors (Lipinski definition) is 14. The molecule has 1 aliphatic carbocycles. The lowest BCUT2D eigenvalue weighted by atomic mass is 9.91. The van der Waals surface area contributed by atoms with Crippen LogP contribution in [-0.2, 0) is 25.7 Å². The van der Waals surface area contributed by atoms with Gasteiger partial charge in [-0.25, -0.2) is 0 Å². The molecule has 0 amide bonds. The van der Waals surface area contributed by atoms with Crippen molar-refractivity contribution in [2.24, 2.45) is 0 Å². The van der Waals surface area contributed by atoms with Crippen molar-refractivity contribution in [1.29, 1.82) is 0 Å². The van der Waals surface area contributed by atoms with Gasteiger partial charge in [-0.05, 0) is 190 Å². The van der Waals surface area contributed by atoms with Gasteiger partial charge in [0, 0.05) is 124 Å². The Kier molecular flexibility index (Phi) is 17.6. The second kappa shape index (κ2) is 26.5. The highest BCUT2D eigenvalue weighted by Gasteiger charge is 2.26. The van der Waals surface area contributed by atoms with Crippen LogP contribution in [0.1, 0.15) is 44.5 Å². The van der Waals surface area contributed by atoms with E-state index in [-0.39, 0.29) is 48.7 Å². The zero-order chi connectivity index (χ0) is 60.7. The standard InChI is InChI=1S/C76H52O4S10/c77-73-45-33-46-38-54-43-51(74(46)78)36-52-44-56-40-48(76(52)80)34-47-39-55(83-59-19-3-7-23-63(59)87-67-27-11-15-31-71(67)90-72-32-16-12-28-68(72)88-64-24-8-4-20-60(64)84-56)42-50(75(47)79)35-49(73)41-53(37-45)81-57-17-1-5-21-61(57)85-65-25-9-13-29-69(65)89-70-30-14-10-26-66(70)86-62-22-6-2-18-58(62)82-54/h1-32,37-44,77-80H,33-36H2. The minimum absolute atomic E-state index is 0.109. The Hall–Kier alpha value is -6.66. The summed E-state index contributed by atoms with van der Waals surface area (Å²) in [6, 6.07) is 85.0. The van der Waals surface area contributed by atoms with Gasteiger partial charge < -0.3 is 20.4 Å². The average Bonchev–Trinajstić information content (AvgIpc) is 1.03. The molecule has 15 rings (SSSR count). The highest BCUT2D eigenvalue weighted by atomic mass is 32.2. The van der Waals surface area contributed by atoms with Gasteiger partial charge in [-0.15, -0.1) is 0 Å². The average molecular weight is 1350 g/mol. The van der Waals surface area contributed by atoms with E-state index < -0.39 is 0 Å². The topological polar surface area (TPSA) is 80.9 Å². The SMILES string of the molecule is Oc1c2cc3cc1Cc1cc4cc(c1O)Cc1cc(cc(c1O)Cc1cc(cc(c1O)C2)Sc1ccccc1Sc1ccccc1Sc1ccccc1Sc1ccccc1S3)Sc1ccccc1Sc1ccccc1Sc1ccccc1Sc1ccccc1S4. The third-order valence-corrected chi connectivity index (χ3v) is 27.6. The van der Waals surface area contributed by atoms with E-state index in [0.717, 1.165) is 97.9 Å². The lowest BCUT2D eigenvalue weighted by Gasteiger charge is -2.21. The second-order valence-electron chi connectivity index (χ2n) is 21.7. The number of rotatable bonds is 0. The quantitative estimate of drug-likeness (QED) is 0.116. The fourth-order valence-corrected chi connectivity index (χ4v) is 22.3. The maximum atomic E-state index is 12.9. The van der Waals surface area contributed by atoms with Crippen molar-refractivity contribution in [2.75, 3.05) is 0 Å². The molecule has 3 aliphatic rings. The molecule has 4 nitrogen and oxygen atoms in total. The van der Waals surface area contributed by atoms with Crippen molar-refractivity contribution in [3.05, 3.63) is 287 Å². The van der Waals surface area contributed by atoms with Crippen molar-refractivity contribution in [3.8, 4) is 23.0 Å². The first-order valence-corrected chi connectivity index (χ1v) is 37.2. The van der Waals surface area contributed by atoms with Crippen molar-refractivity contribution >= 4 is 118 Å². The number of benzene rings is 12. The third-order valence-electron chi connectivity index (χ3n) is 15.5. The smallest absolute Gasteiger partial charge is 0.122 e. The molecule has 2 heterocycles. The van der Waals surface area contributed by atoms with Crippen LogP contribution in [-0.4, -0.2) is 20.4 Å². The van der Waals surface area contributed by atoms with Gasteiger partial charge in [-0.1, -0.05) is 215 Å². The van der Waals surface area contributed by atoms with Crippen molar-refractivity contribution < 1.29 is 20.4 Å². The normalized spacial score (nSPS) is 13.8. The van der Waals surface area contributed by atoms with Gasteiger partial charge in [0.1, 0.15) is 23.0 Å². The van der Waals surface area contributed by atoms with Gasteiger partial charge >= 0.3 is 0 Å². The second-order valence-corrected chi connectivity index (χ2v) is 32.6. The first-order valence-electron chi connectivity index (χ1n) is 29.0. The lowest BCUT2D eigenvalue weighted by molar-refractivity contribution is 0.449. The van der Waals surface area contributed by atoms with Gasteiger partial charge in [0.25, 0.3) is 0 Å². The molecule has 12 aromatic carbocycles. The largest absolute Gasteiger partial charge is 0.507 e. The summed E-state index contributed by atoms with van der Waals surface area (Å²) < 4.78 is 0. The molecule has 0 saturated heterocycles. The number of phenolic OH excluding ortho intramolecular Hbond substituents is 4. The highest BCUT2D eigenvalue weighted by Crippen LogP contribution is 2.52. The highest BCUT2D eigenvalue weighted by molar-refractivity contribution is 8.06. The molecule has 12 bridgehead atoms. The third kappa shape index (κ3) is 13.0. The number of hydrogen-bond donors (Lipinski definition) is 4. The number of aromatic hydroxyl groups is 4. The molecular weight excluding hydrogens is 1300 g/mol. The molecule has 2 aliphatic heterocycles. The summed E-state index contributed by atoms with van der Waals surface area (Å²) in [5, 5.41) is 51.8. The van der Waals surface area contributed by atoms with E-state index in [1.807, 2.05) is 0 Å². The van der Waals surface area contributed by atoms with Crippen LogP contribution in [0.25, 0.3) is 0 Å². The van der Waals surface area contributed by atoms with Crippen LogP contribution in [0.15, 0.2) is 341 Å². The van der Waals surface area contributed by atoms with Gasteiger partial charge in [0.2, 0.25) is 0 Å². The van der Waals surface area contributed by atoms with E-state index in [1.165, 1.54) is 0 Å². The molecule has 0 unspecified atom stereocenters. The van der Waals surface area contributed by atoms with Crippen LogP contribution >= 0.6 is 118 Å². The number of fused-ring (bicyclic) bond motifs is 16. The van der Waals surface area contributed by atoms with E-state index in [4.69, 9.17) is 0 Å². The van der Waals surface area contributed by atoms with E-state index in [2.05, 4.69) is 243 Å². The predicted octanol–water partition coefficient (Wildman–Crippen LogP) is 23.3. The van der Waals surface area contributed by atoms with Gasteiger partial charge in [-0.2, -0.15) is 0 Å². The first kappa shape index (κ1) is 59.6. The summed E-state index contributed by atoms with van der Waals surface area (Å²) in [5.74, 6) is 0.436. The zero-order valence-electron chi connectivity index (χ0n) is 47.8. The summed E-state index contributed by atoms with van der Waals surface area (Å²) >= 11 is 17.1. The monoisotopic (exact) mass is 1350 g/mol. The Morgan fingerprint density at radius 3 is 0.400 bits per heavy atom. The summed E-state index contributed by atoms with van der Waals surface area (Å²) in [5.41, 5.74) is 5.14. The summed E-state index contributed by atoms with van der Waals surface area (Å²) in [4.78, 5) is 21.5. The molecule has 0 aromatic heterocycles. The Bertz CT molecular complexity index is 4190. The van der Waals surface area contributed by atoms with Crippen molar-refractivity contribution in [2.45, 2.75) is 124 Å². The molecular formula is C76H52O4S10. The molecule has 0 fully saturated rings. The van der Waals surface area contributed by atoms with Crippen LogP contribution in [0.2, 0.25) is 0 Å². The first-order chi connectivity index (χ1) is 44.1. The van der Waals surface area contributed by atoms with Crippen molar-refractivity contribution in [3.63, 3.8) is 0 Å². The Balaban J connectivity index is 0.948. The zero-order valence-corrected chi connectivity index (χ0v) is 56.0. The Morgan fingerprint density at radius 2 is 0.278 bits per heavy atom. The molecule has 0 radical (unpaired) electrons. The molecule has 4 N–H and O–H groups in total. The number of phenols is 4. The van der Waals surface area contributed by atoms with Gasteiger partial charge in [0.05, 0.1) is 0 Å². The molecule has 12 aromatic rings. The fraction of sp³-hybridized carbons (Fsp3) is 0.0526. The van der Waals surface area contributed by atoms with E-state index in [9.17, 15) is 20.4 Å². The predicted molar refractivity (Wildman–Crippen MR) is 376 cm³/mol. The van der Waals surface area contributed by atoms with E-state index in [1.54, 1.807) is 118 Å². The molecule has 14 heteroatoms.